The van der Waals surface area contributed by atoms with E-state index in [1.807, 2.05) is 60.7 Å². The summed E-state index contributed by atoms with van der Waals surface area (Å²) in [5, 5.41) is 23.8. The van der Waals surface area contributed by atoms with Gasteiger partial charge in [0.25, 0.3) is 0 Å². The number of carboxylic acid groups (broad SMARTS) is 2. The van der Waals surface area contributed by atoms with Crippen LogP contribution >= 0.6 is 0 Å². The van der Waals surface area contributed by atoms with Crippen LogP contribution in [0.2, 0.25) is 0 Å². The van der Waals surface area contributed by atoms with E-state index < -0.39 is 84.2 Å². The first-order valence-electron chi connectivity index (χ1n) is 21.5. The third-order valence-electron chi connectivity index (χ3n) is 11.6. The average molecular weight is 891 g/mol. The molecule has 6 aromatic rings. The molecule has 0 radical (unpaired) electrons. The number of esters is 2. The number of Topliss-reactive ketones (excluding diaryl/α,β-unsaturated/α-hetero) is 2. The molecule has 0 fully saturated rings. The van der Waals surface area contributed by atoms with E-state index >= 15 is 9.59 Å². The van der Waals surface area contributed by atoms with Gasteiger partial charge in [-0.1, -0.05) is 146 Å². The minimum Gasteiger partial charge on any atom is -0.488 e. The van der Waals surface area contributed by atoms with Crippen molar-refractivity contribution >= 4 is 35.4 Å². The Morgan fingerprint density at radius 2 is 0.758 bits per heavy atom. The minimum absolute atomic E-state index is 0.00845. The lowest BCUT2D eigenvalue weighted by Crippen LogP contribution is -2.67. The number of aliphatic carboxylic acids is 2. The zero-order valence-corrected chi connectivity index (χ0v) is 36.5. The molecule has 0 aromatic heterocycles. The van der Waals surface area contributed by atoms with Crippen LogP contribution in [0.5, 0.6) is 11.5 Å². The van der Waals surface area contributed by atoms with E-state index in [4.69, 9.17) is 18.9 Å². The molecule has 12 nitrogen and oxygen atoms in total. The van der Waals surface area contributed by atoms with Gasteiger partial charge in [-0.3, -0.25) is 28.8 Å². The second-order valence-corrected chi connectivity index (χ2v) is 15.4. The van der Waals surface area contributed by atoms with Crippen LogP contribution < -0.4 is 9.47 Å². The molecule has 0 aliphatic carbocycles. The standard InChI is InChI=1S/C54H50O12/c1-3-63-51(61)54(52(62)64-4-2,44(40-27-15-8-16-28-40)34-46(56)42-30-18-20-32-48(42)66-36-38-23-11-6-12-24-38)53(49(57)58,50(59)60)43(39-25-13-7-14-26-39)33-45(55)41-29-17-19-31-47(41)65-35-37-21-9-5-10-22-37/h5-32,43-44H,3-4,33-36H2,1-2H3,(H,57,58)(H,59,60). The Morgan fingerprint density at radius 3 is 1.11 bits per heavy atom. The van der Waals surface area contributed by atoms with Gasteiger partial charge in [0.2, 0.25) is 0 Å². The van der Waals surface area contributed by atoms with Gasteiger partial charge in [0.15, 0.2) is 22.4 Å². The molecular weight excluding hydrogens is 841 g/mol. The maximum Gasteiger partial charge on any atom is 0.326 e. The van der Waals surface area contributed by atoms with Crippen molar-refractivity contribution in [2.45, 2.75) is 51.7 Å². The van der Waals surface area contributed by atoms with Gasteiger partial charge in [0.05, 0.1) is 24.3 Å². The number of benzene rings is 6. The highest BCUT2D eigenvalue weighted by Gasteiger charge is 2.78. The van der Waals surface area contributed by atoms with E-state index in [0.29, 0.717) is 0 Å². The highest BCUT2D eigenvalue weighted by atomic mass is 16.6. The summed E-state index contributed by atoms with van der Waals surface area (Å²) in [4.78, 5) is 90.1. The zero-order valence-electron chi connectivity index (χ0n) is 36.5. The summed E-state index contributed by atoms with van der Waals surface area (Å²) in [6.45, 7) is 2.06. The summed E-state index contributed by atoms with van der Waals surface area (Å²) in [6.07, 6.45) is -1.72. The first-order valence-corrected chi connectivity index (χ1v) is 21.5. The van der Waals surface area contributed by atoms with E-state index in [1.165, 1.54) is 62.4 Å². The van der Waals surface area contributed by atoms with Gasteiger partial charge >= 0.3 is 23.9 Å². The number of hydrogen-bond donors (Lipinski definition) is 2. The second-order valence-electron chi connectivity index (χ2n) is 15.4. The summed E-state index contributed by atoms with van der Waals surface area (Å²) in [6, 6.07) is 45.9. The van der Waals surface area contributed by atoms with Crippen LogP contribution in [-0.2, 0) is 41.9 Å². The fourth-order valence-corrected chi connectivity index (χ4v) is 8.58. The number of carboxylic acids is 2. The molecule has 66 heavy (non-hydrogen) atoms. The highest BCUT2D eigenvalue weighted by molar-refractivity contribution is 6.16. The largest absolute Gasteiger partial charge is 0.488 e. The Balaban J connectivity index is 1.60. The monoisotopic (exact) mass is 890 g/mol. The zero-order chi connectivity index (χ0) is 47.1. The number of para-hydroxylation sites is 2. The van der Waals surface area contributed by atoms with Crippen molar-refractivity contribution in [1.29, 1.82) is 0 Å². The maximum absolute atomic E-state index is 15.4. The Bertz CT molecular complexity index is 2580. The first-order chi connectivity index (χ1) is 32.0. The Hall–Kier alpha value is -7.86. The molecule has 0 aliphatic rings. The van der Waals surface area contributed by atoms with Crippen LogP contribution in [0.25, 0.3) is 0 Å². The van der Waals surface area contributed by atoms with Crippen LogP contribution in [0.1, 0.15) is 81.5 Å². The number of ketones is 2. The molecule has 0 heterocycles. The van der Waals surface area contributed by atoms with Crippen molar-refractivity contribution in [3.63, 3.8) is 0 Å². The second kappa shape index (κ2) is 22.2. The molecule has 338 valence electrons. The van der Waals surface area contributed by atoms with Crippen molar-refractivity contribution in [2.75, 3.05) is 13.2 Å². The molecule has 0 saturated carbocycles. The van der Waals surface area contributed by atoms with E-state index in [2.05, 4.69) is 0 Å². The Kier molecular flexibility index (Phi) is 16.0. The smallest absolute Gasteiger partial charge is 0.326 e. The van der Waals surface area contributed by atoms with Gasteiger partial charge in [0.1, 0.15) is 24.7 Å². The third-order valence-corrected chi connectivity index (χ3v) is 11.6. The number of carbonyl (C=O) groups is 6. The Labute approximate surface area is 382 Å². The van der Waals surface area contributed by atoms with Gasteiger partial charge < -0.3 is 29.2 Å². The number of ether oxygens (including phenoxy) is 4. The topological polar surface area (TPSA) is 180 Å². The van der Waals surface area contributed by atoms with Gasteiger partial charge in [-0.2, -0.15) is 0 Å². The maximum atomic E-state index is 15.4. The highest BCUT2D eigenvalue weighted by Crippen LogP contribution is 2.61. The SMILES string of the molecule is CCOC(=O)C(C(=O)OCC)(C(CC(=O)c1ccccc1OCc1ccccc1)c1ccccc1)C(C(=O)O)(C(=O)O)C(CC(=O)c1ccccc1OCc1ccccc1)c1ccccc1. The number of rotatable bonds is 23. The van der Waals surface area contributed by atoms with Crippen LogP contribution in [0, 0.1) is 10.8 Å². The lowest BCUT2D eigenvalue weighted by atomic mass is 9.48. The molecule has 12 heteroatoms. The molecule has 6 aromatic carbocycles. The van der Waals surface area contributed by atoms with Crippen molar-refractivity contribution in [2.24, 2.45) is 10.8 Å². The molecule has 0 saturated heterocycles. The van der Waals surface area contributed by atoms with Gasteiger partial charge in [0, 0.05) is 24.7 Å². The molecule has 6 rings (SSSR count). The van der Waals surface area contributed by atoms with E-state index in [0.717, 1.165) is 11.1 Å². The third kappa shape index (κ3) is 9.93. The predicted octanol–water partition coefficient (Wildman–Crippen LogP) is 9.53. The molecule has 0 bridgehead atoms. The molecule has 0 amide bonds. The quantitative estimate of drug-likeness (QED) is 0.0354. The molecular formula is C54H50O12. The van der Waals surface area contributed by atoms with Crippen LogP contribution in [0.4, 0.5) is 0 Å². The molecule has 0 aliphatic heterocycles. The number of hydrogen-bond acceptors (Lipinski definition) is 10. The summed E-state index contributed by atoms with van der Waals surface area (Å²) in [7, 11) is 0. The Morgan fingerprint density at radius 1 is 0.439 bits per heavy atom. The summed E-state index contributed by atoms with van der Waals surface area (Å²) in [5.74, 6) is -12.6. The minimum atomic E-state index is -3.63. The van der Waals surface area contributed by atoms with E-state index in [9.17, 15) is 29.4 Å². The van der Waals surface area contributed by atoms with Crippen molar-refractivity contribution in [3.8, 4) is 11.5 Å². The van der Waals surface area contributed by atoms with E-state index in [-0.39, 0.29) is 47.0 Å². The summed E-state index contributed by atoms with van der Waals surface area (Å²) in [5.41, 5.74) is -5.45. The fourth-order valence-electron chi connectivity index (χ4n) is 8.58. The fraction of sp³-hybridized carbons (Fsp3) is 0.222. The van der Waals surface area contributed by atoms with E-state index in [1.54, 1.807) is 60.7 Å². The van der Waals surface area contributed by atoms with Crippen molar-refractivity contribution in [1.82, 2.24) is 0 Å². The summed E-state index contributed by atoms with van der Waals surface area (Å²) >= 11 is 0. The molecule has 0 spiro atoms. The molecule has 2 atom stereocenters. The summed E-state index contributed by atoms with van der Waals surface area (Å²) < 4.78 is 23.5. The molecule has 2 N–H and O–H groups in total. The normalized spacial score (nSPS) is 12.2. The average Bonchev–Trinajstić information content (AvgIpc) is 3.34. The van der Waals surface area contributed by atoms with Crippen molar-refractivity contribution in [3.05, 3.63) is 203 Å². The van der Waals surface area contributed by atoms with Crippen LogP contribution in [0.15, 0.2) is 170 Å². The van der Waals surface area contributed by atoms with Crippen molar-refractivity contribution < 1.29 is 57.9 Å². The first kappa shape index (κ1) is 47.6. The van der Waals surface area contributed by atoms with Gasteiger partial charge in [-0.15, -0.1) is 0 Å². The lowest BCUT2D eigenvalue weighted by molar-refractivity contribution is -0.205. The predicted molar refractivity (Wildman–Crippen MR) is 244 cm³/mol. The molecule has 2 unspecified atom stereocenters. The van der Waals surface area contributed by atoms with Crippen LogP contribution in [0.3, 0.4) is 0 Å². The lowest BCUT2D eigenvalue weighted by Gasteiger charge is -2.48. The number of carbonyl (C=O) groups excluding carboxylic acids is 4. The van der Waals surface area contributed by atoms with Crippen LogP contribution in [-0.4, -0.2) is 58.9 Å². The van der Waals surface area contributed by atoms with Gasteiger partial charge in [-0.05, 0) is 60.4 Å². The van der Waals surface area contributed by atoms with Gasteiger partial charge in [-0.25, -0.2) is 0 Å².